The summed E-state index contributed by atoms with van der Waals surface area (Å²) in [6.07, 6.45) is 3.70. The van der Waals surface area contributed by atoms with E-state index in [9.17, 15) is 9.18 Å². The Morgan fingerprint density at radius 3 is 2.86 bits per heavy atom. The summed E-state index contributed by atoms with van der Waals surface area (Å²) < 4.78 is 21.2. The zero-order valence-corrected chi connectivity index (χ0v) is 17.0. The molecule has 0 saturated carbocycles. The fraction of sp³-hybridized carbons (Fsp3) is 0.450. The van der Waals surface area contributed by atoms with Crippen molar-refractivity contribution in [2.75, 3.05) is 39.8 Å². The Morgan fingerprint density at radius 2 is 2.17 bits per heavy atom. The molecule has 3 rings (SSSR count). The van der Waals surface area contributed by atoms with Crippen molar-refractivity contribution < 1.29 is 13.9 Å². The van der Waals surface area contributed by atoms with Crippen LogP contribution >= 0.6 is 0 Å². The van der Waals surface area contributed by atoms with Crippen molar-refractivity contribution in [3.8, 4) is 0 Å². The number of aryl methyl sites for hydroxylation is 2. The number of aromatic nitrogens is 2. The molecule has 0 radical (unpaired) electrons. The molecule has 8 nitrogen and oxygen atoms in total. The molecule has 1 atom stereocenters. The third-order valence-corrected chi connectivity index (χ3v) is 4.80. The highest BCUT2D eigenvalue weighted by molar-refractivity contribution is 5.94. The number of hydrogen-bond donors (Lipinski definition) is 2. The van der Waals surface area contributed by atoms with Crippen LogP contribution in [0.2, 0.25) is 0 Å². The molecule has 2 heterocycles. The Balaban J connectivity index is 1.47. The molecule has 9 heteroatoms. The normalized spacial score (nSPS) is 17.3. The van der Waals surface area contributed by atoms with E-state index in [4.69, 9.17) is 4.74 Å². The lowest BCUT2D eigenvalue weighted by Gasteiger charge is -2.34. The van der Waals surface area contributed by atoms with Gasteiger partial charge in [0.2, 0.25) is 0 Å². The average molecular weight is 402 g/mol. The van der Waals surface area contributed by atoms with Crippen LogP contribution in [0.4, 0.5) is 4.39 Å². The standard InChI is InChI=1S/C20H27FN6O2/c1-14-4-5-15(10-17(14)21)19(28)23-6-7-24-20(22-2)27-8-9-29-18(13-27)16-11-25-26(3)12-16/h4-5,10-12,18H,6-9,13H2,1-3H3,(H,22,24)(H,23,28). The minimum Gasteiger partial charge on any atom is -0.370 e. The molecule has 2 aromatic rings. The number of nitrogens with zero attached hydrogens (tertiary/aromatic N) is 4. The SMILES string of the molecule is CN=C(NCCNC(=O)c1ccc(C)c(F)c1)N1CCOC(c2cnn(C)c2)C1. The van der Waals surface area contributed by atoms with E-state index in [0.29, 0.717) is 37.4 Å². The minimum absolute atomic E-state index is 0.0628. The summed E-state index contributed by atoms with van der Waals surface area (Å²) in [5.41, 5.74) is 1.86. The molecular weight excluding hydrogens is 375 g/mol. The van der Waals surface area contributed by atoms with E-state index in [2.05, 4.69) is 25.6 Å². The summed E-state index contributed by atoms with van der Waals surface area (Å²) in [5.74, 6) is 0.0631. The van der Waals surface area contributed by atoms with Crippen molar-refractivity contribution >= 4 is 11.9 Å². The van der Waals surface area contributed by atoms with Crippen molar-refractivity contribution in [2.24, 2.45) is 12.0 Å². The second-order valence-electron chi connectivity index (χ2n) is 6.95. The van der Waals surface area contributed by atoms with E-state index < -0.39 is 0 Å². The van der Waals surface area contributed by atoms with Crippen molar-refractivity contribution in [3.05, 3.63) is 53.1 Å². The summed E-state index contributed by atoms with van der Waals surface area (Å²) in [4.78, 5) is 18.6. The number of amides is 1. The Kier molecular flexibility index (Phi) is 6.82. The highest BCUT2D eigenvalue weighted by atomic mass is 19.1. The first-order chi connectivity index (χ1) is 14.0. The van der Waals surface area contributed by atoms with Gasteiger partial charge >= 0.3 is 0 Å². The summed E-state index contributed by atoms with van der Waals surface area (Å²) in [6, 6.07) is 4.47. The largest absolute Gasteiger partial charge is 0.370 e. The van der Waals surface area contributed by atoms with Crippen LogP contribution in [0.15, 0.2) is 35.6 Å². The van der Waals surface area contributed by atoms with Crippen LogP contribution in [-0.4, -0.2) is 66.4 Å². The molecule has 0 aliphatic carbocycles. The number of halogens is 1. The van der Waals surface area contributed by atoms with Gasteiger partial charge in [-0.1, -0.05) is 6.07 Å². The van der Waals surface area contributed by atoms with Crippen LogP contribution in [0.3, 0.4) is 0 Å². The lowest BCUT2D eigenvalue weighted by Crippen LogP contribution is -2.49. The lowest BCUT2D eigenvalue weighted by atomic mass is 10.1. The molecule has 0 bridgehead atoms. The summed E-state index contributed by atoms with van der Waals surface area (Å²) in [5, 5.41) is 10.2. The number of carbonyl (C=O) groups is 1. The highest BCUT2D eigenvalue weighted by Gasteiger charge is 2.25. The number of aliphatic imine (C=N–C) groups is 1. The first-order valence-corrected chi connectivity index (χ1v) is 9.58. The van der Waals surface area contributed by atoms with Crippen molar-refractivity contribution in [1.29, 1.82) is 0 Å². The minimum atomic E-state index is -0.383. The van der Waals surface area contributed by atoms with E-state index in [1.54, 1.807) is 30.8 Å². The number of ether oxygens (including phenoxy) is 1. The summed E-state index contributed by atoms with van der Waals surface area (Å²) in [7, 11) is 3.61. The topological polar surface area (TPSA) is 83.8 Å². The van der Waals surface area contributed by atoms with Gasteiger partial charge in [0.25, 0.3) is 5.91 Å². The van der Waals surface area contributed by atoms with Gasteiger partial charge in [-0.05, 0) is 24.6 Å². The lowest BCUT2D eigenvalue weighted by molar-refractivity contribution is -0.00800. The number of guanidine groups is 1. The van der Waals surface area contributed by atoms with E-state index in [1.807, 2.05) is 19.4 Å². The molecule has 1 amide bonds. The highest BCUT2D eigenvalue weighted by Crippen LogP contribution is 2.21. The average Bonchev–Trinajstić information content (AvgIpc) is 3.16. The second kappa shape index (κ2) is 9.51. The van der Waals surface area contributed by atoms with Gasteiger partial charge in [0.1, 0.15) is 11.9 Å². The van der Waals surface area contributed by atoms with E-state index in [-0.39, 0.29) is 17.8 Å². The molecule has 156 valence electrons. The molecule has 2 N–H and O–H groups in total. The maximum atomic E-state index is 13.6. The molecule has 29 heavy (non-hydrogen) atoms. The number of nitrogens with one attached hydrogen (secondary N) is 2. The number of rotatable bonds is 5. The van der Waals surface area contributed by atoms with Gasteiger partial charge in [-0.25, -0.2) is 4.39 Å². The van der Waals surface area contributed by atoms with Crippen LogP contribution in [-0.2, 0) is 11.8 Å². The quantitative estimate of drug-likeness (QED) is 0.447. The third-order valence-electron chi connectivity index (χ3n) is 4.80. The number of carbonyl (C=O) groups excluding carboxylic acids is 1. The monoisotopic (exact) mass is 402 g/mol. The second-order valence-corrected chi connectivity index (χ2v) is 6.95. The molecule has 1 saturated heterocycles. The van der Waals surface area contributed by atoms with E-state index in [0.717, 1.165) is 18.1 Å². The predicted octanol–water partition coefficient (Wildman–Crippen LogP) is 1.25. The summed E-state index contributed by atoms with van der Waals surface area (Å²) in [6.45, 7) is 4.55. The Bertz CT molecular complexity index is 882. The van der Waals surface area contributed by atoms with E-state index in [1.165, 1.54) is 6.07 Å². The van der Waals surface area contributed by atoms with Gasteiger partial charge in [-0.15, -0.1) is 0 Å². The number of morpholine rings is 1. The molecule has 1 aliphatic heterocycles. The molecule has 1 fully saturated rings. The van der Waals surface area contributed by atoms with Crippen molar-refractivity contribution in [2.45, 2.75) is 13.0 Å². The van der Waals surface area contributed by atoms with Crippen LogP contribution in [0.25, 0.3) is 0 Å². The van der Waals surface area contributed by atoms with Gasteiger partial charge in [-0.3, -0.25) is 14.5 Å². The van der Waals surface area contributed by atoms with Crippen LogP contribution < -0.4 is 10.6 Å². The summed E-state index contributed by atoms with van der Waals surface area (Å²) >= 11 is 0. The third kappa shape index (κ3) is 5.32. The Labute approximate surface area is 169 Å². The van der Waals surface area contributed by atoms with Gasteiger partial charge in [0.05, 0.1) is 19.3 Å². The maximum Gasteiger partial charge on any atom is 0.251 e. The molecule has 1 aromatic carbocycles. The zero-order chi connectivity index (χ0) is 20.8. The van der Waals surface area contributed by atoms with Crippen molar-refractivity contribution in [1.82, 2.24) is 25.3 Å². The van der Waals surface area contributed by atoms with Crippen molar-refractivity contribution in [3.63, 3.8) is 0 Å². The number of hydrogen-bond acceptors (Lipinski definition) is 4. The molecular formula is C20H27FN6O2. The van der Waals surface area contributed by atoms with E-state index >= 15 is 0 Å². The van der Waals surface area contributed by atoms with Crippen LogP contribution in [0, 0.1) is 12.7 Å². The first kappa shape index (κ1) is 20.8. The Hall–Kier alpha value is -2.94. The molecule has 0 spiro atoms. The first-order valence-electron chi connectivity index (χ1n) is 9.58. The van der Waals surface area contributed by atoms with Gasteiger partial charge in [0.15, 0.2) is 5.96 Å². The van der Waals surface area contributed by atoms with Gasteiger partial charge < -0.3 is 20.3 Å². The predicted molar refractivity (Wildman–Crippen MR) is 108 cm³/mol. The molecule has 1 unspecified atom stereocenters. The zero-order valence-electron chi connectivity index (χ0n) is 17.0. The fourth-order valence-electron chi connectivity index (χ4n) is 3.17. The van der Waals surface area contributed by atoms with Crippen LogP contribution in [0.1, 0.15) is 27.6 Å². The molecule has 1 aromatic heterocycles. The maximum absolute atomic E-state index is 13.6. The van der Waals surface area contributed by atoms with Gasteiger partial charge in [0, 0.05) is 51.1 Å². The number of benzene rings is 1. The smallest absolute Gasteiger partial charge is 0.251 e. The fourth-order valence-corrected chi connectivity index (χ4v) is 3.17. The van der Waals surface area contributed by atoms with Crippen LogP contribution in [0.5, 0.6) is 0 Å². The van der Waals surface area contributed by atoms with Gasteiger partial charge in [-0.2, -0.15) is 5.10 Å². The Morgan fingerprint density at radius 1 is 1.38 bits per heavy atom. The molecule has 1 aliphatic rings.